The van der Waals surface area contributed by atoms with Crippen LogP contribution in [0.3, 0.4) is 0 Å². The molecule has 3 heteroatoms. The zero-order valence-corrected chi connectivity index (χ0v) is 13.5. The van der Waals surface area contributed by atoms with Crippen LogP contribution < -0.4 is 10.6 Å². The Hall–Kier alpha value is -0.730. The van der Waals surface area contributed by atoms with Gasteiger partial charge in [0.25, 0.3) is 0 Å². The molecule has 2 rings (SSSR count). The fraction of sp³-hybridized carbons (Fsp3) is 0.647. The van der Waals surface area contributed by atoms with E-state index in [0.717, 1.165) is 18.0 Å². The molecule has 1 aromatic rings. The van der Waals surface area contributed by atoms with Gasteiger partial charge in [-0.05, 0) is 49.4 Å². The van der Waals surface area contributed by atoms with Gasteiger partial charge in [0, 0.05) is 23.3 Å². The lowest BCUT2D eigenvalue weighted by molar-refractivity contribution is 0.534. The highest BCUT2D eigenvalue weighted by atomic mass is 35.5. The van der Waals surface area contributed by atoms with Gasteiger partial charge >= 0.3 is 0 Å². The SMILES string of the molecule is CC(C)CN(c1cccc(Cl)c1CCN)C1CCCC1. The first-order valence-corrected chi connectivity index (χ1v) is 8.25. The Balaban J connectivity index is 2.34. The first-order valence-electron chi connectivity index (χ1n) is 7.87. The van der Waals surface area contributed by atoms with Crippen LogP contribution in [0.1, 0.15) is 45.1 Å². The van der Waals surface area contributed by atoms with Crippen molar-refractivity contribution in [2.45, 2.75) is 52.0 Å². The minimum Gasteiger partial charge on any atom is -0.368 e. The van der Waals surface area contributed by atoms with E-state index in [1.165, 1.54) is 36.9 Å². The van der Waals surface area contributed by atoms with E-state index in [1.807, 2.05) is 6.07 Å². The summed E-state index contributed by atoms with van der Waals surface area (Å²) in [6.07, 6.45) is 6.18. The third kappa shape index (κ3) is 3.67. The van der Waals surface area contributed by atoms with Gasteiger partial charge in [0.15, 0.2) is 0 Å². The Labute approximate surface area is 128 Å². The van der Waals surface area contributed by atoms with Crippen LogP contribution in [-0.2, 0) is 6.42 Å². The van der Waals surface area contributed by atoms with E-state index in [-0.39, 0.29) is 0 Å². The number of nitrogens with zero attached hydrogens (tertiary/aromatic N) is 1. The van der Waals surface area contributed by atoms with Gasteiger partial charge in [-0.1, -0.05) is 44.4 Å². The molecule has 1 aromatic carbocycles. The number of anilines is 1. The number of nitrogens with two attached hydrogens (primary N) is 1. The van der Waals surface area contributed by atoms with Crippen molar-refractivity contribution in [1.29, 1.82) is 0 Å². The maximum absolute atomic E-state index is 6.41. The molecule has 0 aromatic heterocycles. The van der Waals surface area contributed by atoms with E-state index in [2.05, 4.69) is 30.9 Å². The first kappa shape index (κ1) is 15.7. The predicted octanol–water partition coefficient (Wildman–Crippen LogP) is 4.25. The van der Waals surface area contributed by atoms with Crippen molar-refractivity contribution in [1.82, 2.24) is 0 Å². The Morgan fingerprint density at radius 1 is 1.30 bits per heavy atom. The van der Waals surface area contributed by atoms with E-state index < -0.39 is 0 Å². The lowest BCUT2D eigenvalue weighted by Crippen LogP contribution is -2.37. The molecule has 0 aliphatic heterocycles. The van der Waals surface area contributed by atoms with Gasteiger partial charge in [0.2, 0.25) is 0 Å². The van der Waals surface area contributed by atoms with Crippen molar-refractivity contribution >= 4 is 17.3 Å². The smallest absolute Gasteiger partial charge is 0.0459 e. The van der Waals surface area contributed by atoms with Crippen molar-refractivity contribution in [3.05, 3.63) is 28.8 Å². The second kappa shape index (κ2) is 7.33. The van der Waals surface area contributed by atoms with Crippen LogP contribution in [0, 0.1) is 5.92 Å². The molecule has 0 heterocycles. The molecular formula is C17H27ClN2. The second-order valence-corrected chi connectivity index (χ2v) is 6.67. The van der Waals surface area contributed by atoms with Crippen LogP contribution in [-0.4, -0.2) is 19.1 Å². The summed E-state index contributed by atoms with van der Waals surface area (Å²) in [5.41, 5.74) is 8.31. The Morgan fingerprint density at radius 2 is 2.00 bits per heavy atom. The molecule has 1 saturated carbocycles. The summed E-state index contributed by atoms with van der Waals surface area (Å²) in [5, 5.41) is 0.861. The molecule has 1 aliphatic carbocycles. The van der Waals surface area contributed by atoms with E-state index in [0.29, 0.717) is 18.5 Å². The number of benzene rings is 1. The van der Waals surface area contributed by atoms with Crippen LogP contribution in [0.25, 0.3) is 0 Å². The van der Waals surface area contributed by atoms with E-state index in [1.54, 1.807) is 0 Å². The molecule has 112 valence electrons. The molecule has 0 spiro atoms. The summed E-state index contributed by atoms with van der Waals surface area (Å²) in [4.78, 5) is 2.59. The summed E-state index contributed by atoms with van der Waals surface area (Å²) in [5.74, 6) is 0.653. The lowest BCUT2D eigenvalue weighted by atomic mass is 10.0. The number of hydrogen-bond acceptors (Lipinski definition) is 2. The van der Waals surface area contributed by atoms with Gasteiger partial charge in [-0.15, -0.1) is 0 Å². The van der Waals surface area contributed by atoms with Gasteiger partial charge in [-0.3, -0.25) is 0 Å². The summed E-state index contributed by atoms with van der Waals surface area (Å²) < 4.78 is 0. The van der Waals surface area contributed by atoms with Crippen LogP contribution in [0.2, 0.25) is 5.02 Å². The fourth-order valence-electron chi connectivity index (χ4n) is 3.26. The largest absolute Gasteiger partial charge is 0.368 e. The average molecular weight is 295 g/mol. The van der Waals surface area contributed by atoms with Gasteiger partial charge in [0.05, 0.1) is 0 Å². The van der Waals surface area contributed by atoms with E-state index in [4.69, 9.17) is 17.3 Å². The van der Waals surface area contributed by atoms with Crippen molar-refractivity contribution in [3.8, 4) is 0 Å². The minimum absolute atomic E-state index is 0.650. The molecule has 20 heavy (non-hydrogen) atoms. The normalized spacial score (nSPS) is 16.1. The Kier molecular flexibility index (Phi) is 5.74. The molecule has 2 N–H and O–H groups in total. The van der Waals surface area contributed by atoms with Gasteiger partial charge in [0.1, 0.15) is 0 Å². The zero-order valence-electron chi connectivity index (χ0n) is 12.7. The summed E-state index contributed by atoms with van der Waals surface area (Å²) in [6.45, 7) is 6.32. The monoisotopic (exact) mass is 294 g/mol. The van der Waals surface area contributed by atoms with Crippen LogP contribution in [0.4, 0.5) is 5.69 Å². The Morgan fingerprint density at radius 3 is 2.60 bits per heavy atom. The summed E-state index contributed by atoms with van der Waals surface area (Å²) in [7, 11) is 0. The topological polar surface area (TPSA) is 29.3 Å². The first-order chi connectivity index (χ1) is 9.63. The van der Waals surface area contributed by atoms with Crippen molar-refractivity contribution in [2.24, 2.45) is 11.7 Å². The van der Waals surface area contributed by atoms with Crippen LogP contribution in [0.5, 0.6) is 0 Å². The van der Waals surface area contributed by atoms with Crippen LogP contribution in [0.15, 0.2) is 18.2 Å². The highest BCUT2D eigenvalue weighted by molar-refractivity contribution is 6.31. The number of halogens is 1. The average Bonchev–Trinajstić information content (AvgIpc) is 2.92. The number of rotatable bonds is 6. The molecule has 0 atom stereocenters. The van der Waals surface area contributed by atoms with Gasteiger partial charge in [-0.2, -0.15) is 0 Å². The van der Waals surface area contributed by atoms with Crippen LogP contribution >= 0.6 is 11.6 Å². The Bertz CT molecular complexity index is 425. The molecule has 0 saturated heterocycles. The highest BCUT2D eigenvalue weighted by Gasteiger charge is 2.25. The van der Waals surface area contributed by atoms with E-state index in [9.17, 15) is 0 Å². The zero-order chi connectivity index (χ0) is 14.5. The maximum Gasteiger partial charge on any atom is 0.0459 e. The fourth-order valence-corrected chi connectivity index (χ4v) is 3.53. The molecule has 0 radical (unpaired) electrons. The third-order valence-corrected chi connectivity index (χ3v) is 4.48. The van der Waals surface area contributed by atoms with Gasteiger partial charge < -0.3 is 10.6 Å². The lowest BCUT2D eigenvalue weighted by Gasteiger charge is -2.34. The summed E-state index contributed by atoms with van der Waals surface area (Å²) >= 11 is 6.41. The molecule has 1 fully saturated rings. The van der Waals surface area contributed by atoms with Crippen molar-refractivity contribution < 1.29 is 0 Å². The van der Waals surface area contributed by atoms with Crippen molar-refractivity contribution in [2.75, 3.05) is 18.0 Å². The van der Waals surface area contributed by atoms with Crippen molar-refractivity contribution in [3.63, 3.8) is 0 Å². The van der Waals surface area contributed by atoms with E-state index >= 15 is 0 Å². The molecule has 0 bridgehead atoms. The summed E-state index contributed by atoms with van der Waals surface area (Å²) in [6, 6.07) is 6.95. The maximum atomic E-state index is 6.41. The molecule has 0 unspecified atom stereocenters. The molecule has 2 nitrogen and oxygen atoms in total. The number of hydrogen-bond donors (Lipinski definition) is 1. The second-order valence-electron chi connectivity index (χ2n) is 6.26. The minimum atomic E-state index is 0.650. The highest BCUT2D eigenvalue weighted by Crippen LogP contribution is 2.34. The third-order valence-electron chi connectivity index (χ3n) is 4.13. The standard InChI is InChI=1S/C17H27ClN2/c1-13(2)12-20(14-6-3-4-7-14)17-9-5-8-16(18)15(17)10-11-19/h5,8-9,13-14H,3-4,6-7,10-12,19H2,1-2H3. The van der Waals surface area contributed by atoms with Gasteiger partial charge in [-0.25, -0.2) is 0 Å². The molecular weight excluding hydrogens is 268 g/mol. The molecule has 0 amide bonds. The quantitative estimate of drug-likeness (QED) is 0.850. The predicted molar refractivity (Wildman–Crippen MR) is 88.7 cm³/mol. The molecule has 1 aliphatic rings.